The average molecular weight is 353 g/mol. The smallest absolute Gasteiger partial charge is 0.311 e. The van der Waals surface area contributed by atoms with Crippen molar-refractivity contribution in [3.8, 4) is 0 Å². The number of ether oxygens (including phenoxy) is 2. The van der Waals surface area contributed by atoms with E-state index in [0.717, 1.165) is 19.3 Å². The van der Waals surface area contributed by atoms with Gasteiger partial charge in [-0.05, 0) is 57.8 Å². The average Bonchev–Trinajstić information content (AvgIpc) is 3.13. The molecular formula is C21H36O4. The number of methoxy groups -OCH3 is 1. The first-order valence-electron chi connectivity index (χ1n) is 9.86. The molecule has 3 fully saturated rings. The zero-order chi connectivity index (χ0) is 18.9. The molecule has 2 saturated carbocycles. The maximum absolute atomic E-state index is 11.7. The molecule has 1 aliphatic heterocycles. The van der Waals surface area contributed by atoms with Gasteiger partial charge in [0.25, 0.3) is 0 Å². The van der Waals surface area contributed by atoms with Crippen LogP contribution in [0.4, 0.5) is 0 Å². The minimum Gasteiger partial charge on any atom is -0.469 e. The molecule has 25 heavy (non-hydrogen) atoms. The normalized spacial score (nSPS) is 28.0. The molecule has 1 spiro atoms. The summed E-state index contributed by atoms with van der Waals surface area (Å²) < 4.78 is 10.4. The van der Waals surface area contributed by atoms with E-state index in [4.69, 9.17) is 9.47 Å². The minimum absolute atomic E-state index is 0.00215. The third-order valence-electron chi connectivity index (χ3n) is 7.07. The van der Waals surface area contributed by atoms with Crippen LogP contribution in [0.2, 0.25) is 0 Å². The Kier molecular flexibility index (Phi) is 5.90. The van der Waals surface area contributed by atoms with Gasteiger partial charge in [-0.25, -0.2) is 0 Å². The quantitative estimate of drug-likeness (QED) is 0.630. The van der Waals surface area contributed by atoms with Gasteiger partial charge < -0.3 is 9.47 Å². The van der Waals surface area contributed by atoms with Gasteiger partial charge in [0.05, 0.1) is 18.4 Å². The Morgan fingerprint density at radius 3 is 2.08 bits per heavy atom. The van der Waals surface area contributed by atoms with Crippen molar-refractivity contribution in [2.75, 3.05) is 7.11 Å². The molecule has 1 heterocycles. The molecule has 0 amide bonds. The highest BCUT2D eigenvalue weighted by Crippen LogP contribution is 2.52. The van der Waals surface area contributed by atoms with Gasteiger partial charge in [-0.3, -0.25) is 9.59 Å². The lowest BCUT2D eigenvalue weighted by Crippen LogP contribution is -2.38. The molecule has 2 aliphatic carbocycles. The van der Waals surface area contributed by atoms with Gasteiger partial charge in [0, 0.05) is 5.92 Å². The highest BCUT2D eigenvalue weighted by Gasteiger charge is 2.56. The summed E-state index contributed by atoms with van der Waals surface area (Å²) in [6.45, 7) is 9.90. The fraction of sp³-hybridized carbons (Fsp3) is 0.905. The maximum Gasteiger partial charge on any atom is 0.311 e. The molecule has 2 atom stereocenters. The van der Waals surface area contributed by atoms with Crippen molar-refractivity contribution >= 4 is 11.9 Å². The molecule has 0 N–H and O–H groups in total. The van der Waals surface area contributed by atoms with E-state index in [1.54, 1.807) is 0 Å². The lowest BCUT2D eigenvalue weighted by atomic mass is 9.69. The molecule has 144 valence electrons. The molecule has 2 unspecified atom stereocenters. The standard InChI is InChI=1S/C12H18O2.C9H18O2/c13-11-9-5-1-2-6-10(9)12(14-11)7-3-4-8-12;1-8(2,3)9(4,5)7(10)11-6/h9-10H,1-8H2;1-6H3. The van der Waals surface area contributed by atoms with E-state index in [9.17, 15) is 9.59 Å². The maximum atomic E-state index is 11.7. The second-order valence-corrected chi connectivity index (χ2v) is 9.56. The Bertz CT molecular complexity index is 495. The zero-order valence-corrected chi connectivity index (χ0v) is 16.9. The van der Waals surface area contributed by atoms with Gasteiger partial charge >= 0.3 is 11.9 Å². The molecule has 0 aromatic rings. The number of esters is 2. The third-order valence-corrected chi connectivity index (χ3v) is 7.07. The second kappa shape index (κ2) is 7.28. The summed E-state index contributed by atoms with van der Waals surface area (Å²) in [5.41, 5.74) is -0.468. The van der Waals surface area contributed by atoms with Crippen molar-refractivity contribution < 1.29 is 19.1 Å². The van der Waals surface area contributed by atoms with E-state index in [1.165, 1.54) is 39.2 Å². The lowest BCUT2D eigenvalue weighted by molar-refractivity contribution is -0.157. The van der Waals surface area contributed by atoms with Gasteiger partial charge in [-0.1, -0.05) is 33.6 Å². The van der Waals surface area contributed by atoms with Crippen molar-refractivity contribution in [3.63, 3.8) is 0 Å². The van der Waals surface area contributed by atoms with Crippen LogP contribution in [-0.2, 0) is 19.1 Å². The number of rotatable bonds is 1. The monoisotopic (exact) mass is 352 g/mol. The topological polar surface area (TPSA) is 52.6 Å². The number of hydrogen-bond acceptors (Lipinski definition) is 4. The zero-order valence-electron chi connectivity index (χ0n) is 16.9. The Morgan fingerprint density at radius 1 is 1.04 bits per heavy atom. The van der Waals surface area contributed by atoms with Gasteiger partial charge in [-0.2, -0.15) is 0 Å². The first-order valence-corrected chi connectivity index (χ1v) is 9.86. The van der Waals surface area contributed by atoms with Crippen LogP contribution in [0.1, 0.15) is 86.0 Å². The van der Waals surface area contributed by atoms with Crippen molar-refractivity contribution in [3.05, 3.63) is 0 Å². The van der Waals surface area contributed by atoms with Crippen LogP contribution in [0.3, 0.4) is 0 Å². The second-order valence-electron chi connectivity index (χ2n) is 9.56. The van der Waals surface area contributed by atoms with E-state index >= 15 is 0 Å². The highest BCUT2D eigenvalue weighted by molar-refractivity contribution is 5.77. The molecule has 3 rings (SSSR count). The van der Waals surface area contributed by atoms with Gasteiger partial charge in [0.15, 0.2) is 0 Å². The van der Waals surface area contributed by atoms with Crippen molar-refractivity contribution in [1.82, 2.24) is 0 Å². The van der Waals surface area contributed by atoms with E-state index in [1.807, 2.05) is 34.6 Å². The Hall–Kier alpha value is -1.06. The molecule has 0 bridgehead atoms. The molecule has 4 heteroatoms. The van der Waals surface area contributed by atoms with Gasteiger partial charge in [0.1, 0.15) is 5.60 Å². The van der Waals surface area contributed by atoms with E-state index in [0.29, 0.717) is 5.92 Å². The van der Waals surface area contributed by atoms with E-state index in [2.05, 4.69) is 0 Å². The summed E-state index contributed by atoms with van der Waals surface area (Å²) in [4.78, 5) is 23.0. The van der Waals surface area contributed by atoms with Crippen LogP contribution in [0.25, 0.3) is 0 Å². The predicted molar refractivity (Wildman–Crippen MR) is 98.0 cm³/mol. The fourth-order valence-corrected chi connectivity index (χ4v) is 4.40. The minimum atomic E-state index is -0.415. The van der Waals surface area contributed by atoms with Gasteiger partial charge in [-0.15, -0.1) is 0 Å². The molecular weight excluding hydrogens is 316 g/mol. The van der Waals surface area contributed by atoms with Gasteiger partial charge in [0.2, 0.25) is 0 Å². The SMILES string of the molecule is COC(=O)C(C)(C)C(C)(C)C.O=C1OC2(CCCC2)C2CCCCC12. The molecule has 4 nitrogen and oxygen atoms in total. The number of fused-ring (bicyclic) bond motifs is 2. The number of carbonyl (C=O) groups excluding carboxylic acids is 2. The molecule has 0 radical (unpaired) electrons. The molecule has 0 aromatic carbocycles. The Labute approximate surface area is 153 Å². The van der Waals surface area contributed by atoms with Crippen molar-refractivity contribution in [2.45, 2.75) is 91.6 Å². The van der Waals surface area contributed by atoms with Crippen LogP contribution in [0.15, 0.2) is 0 Å². The van der Waals surface area contributed by atoms with Crippen LogP contribution >= 0.6 is 0 Å². The van der Waals surface area contributed by atoms with Crippen molar-refractivity contribution in [1.29, 1.82) is 0 Å². The number of carbonyl (C=O) groups is 2. The van der Waals surface area contributed by atoms with Crippen LogP contribution < -0.4 is 0 Å². The summed E-state index contributed by atoms with van der Waals surface area (Å²) in [5.74, 6) is 0.815. The highest BCUT2D eigenvalue weighted by atomic mass is 16.6. The molecule has 1 saturated heterocycles. The summed E-state index contributed by atoms with van der Waals surface area (Å²) in [7, 11) is 1.43. The van der Waals surface area contributed by atoms with Crippen LogP contribution in [-0.4, -0.2) is 24.6 Å². The summed E-state index contributed by atoms with van der Waals surface area (Å²) in [6.07, 6.45) is 9.65. The fourth-order valence-electron chi connectivity index (χ4n) is 4.40. The Balaban J connectivity index is 0.000000188. The van der Waals surface area contributed by atoms with Crippen LogP contribution in [0.5, 0.6) is 0 Å². The summed E-state index contributed by atoms with van der Waals surface area (Å²) in [5, 5.41) is 0. The predicted octanol–water partition coefficient (Wildman–Crippen LogP) is 4.89. The van der Waals surface area contributed by atoms with E-state index in [-0.39, 0.29) is 28.9 Å². The molecule has 0 aromatic heterocycles. The number of hydrogen-bond donors (Lipinski definition) is 0. The first kappa shape index (κ1) is 20.3. The Morgan fingerprint density at radius 2 is 1.60 bits per heavy atom. The molecule has 3 aliphatic rings. The summed E-state index contributed by atoms with van der Waals surface area (Å²) >= 11 is 0. The van der Waals surface area contributed by atoms with Crippen LogP contribution in [0, 0.1) is 22.7 Å². The largest absolute Gasteiger partial charge is 0.469 e. The third kappa shape index (κ3) is 3.88. The van der Waals surface area contributed by atoms with Crippen molar-refractivity contribution in [2.24, 2.45) is 22.7 Å². The van der Waals surface area contributed by atoms with E-state index < -0.39 is 5.41 Å². The summed E-state index contributed by atoms with van der Waals surface area (Å²) in [6, 6.07) is 0. The first-order chi connectivity index (χ1) is 11.5. The lowest BCUT2D eigenvalue weighted by Gasteiger charge is -2.35.